The Bertz CT molecular complexity index is 1100. The summed E-state index contributed by atoms with van der Waals surface area (Å²) in [5.74, 6) is -2.24. The smallest absolute Gasteiger partial charge is 0.295 e. The van der Waals surface area contributed by atoms with Gasteiger partial charge in [-0.25, -0.2) is 4.39 Å². The maximum Gasteiger partial charge on any atom is 0.295 e. The highest BCUT2D eigenvalue weighted by Gasteiger charge is 2.46. The number of morpholine rings is 1. The maximum atomic E-state index is 14.8. The van der Waals surface area contributed by atoms with E-state index >= 15 is 0 Å². The molecule has 0 spiro atoms. The van der Waals surface area contributed by atoms with E-state index in [0.29, 0.717) is 38.6 Å². The molecule has 0 aliphatic carbocycles. The van der Waals surface area contributed by atoms with E-state index in [4.69, 9.17) is 21.1 Å². The van der Waals surface area contributed by atoms with Gasteiger partial charge in [0.1, 0.15) is 17.3 Å². The first-order valence-corrected chi connectivity index (χ1v) is 11.0. The quantitative estimate of drug-likeness (QED) is 0.393. The Morgan fingerprint density at radius 3 is 2.58 bits per heavy atom. The minimum absolute atomic E-state index is 0.139. The lowest BCUT2D eigenvalue weighted by Gasteiger charge is -2.31. The van der Waals surface area contributed by atoms with Crippen molar-refractivity contribution in [3.8, 4) is 5.75 Å². The first kappa shape index (κ1) is 23.2. The molecule has 4 rings (SSSR count). The molecule has 0 unspecified atom stereocenters. The molecule has 2 fully saturated rings. The fraction of sp³-hybridized carbons (Fsp3) is 0.333. The highest BCUT2D eigenvalue weighted by Crippen LogP contribution is 2.41. The Morgan fingerprint density at radius 1 is 1.18 bits per heavy atom. The number of Topliss-reactive ketones (excluding diaryl/α,β-unsaturated/α-hetero) is 1. The molecule has 2 aromatic carbocycles. The number of aliphatic hydroxyl groups is 1. The fourth-order valence-corrected chi connectivity index (χ4v) is 4.43. The summed E-state index contributed by atoms with van der Waals surface area (Å²) < 4.78 is 25.3. The van der Waals surface area contributed by atoms with Crippen molar-refractivity contribution in [1.82, 2.24) is 9.80 Å². The summed E-state index contributed by atoms with van der Waals surface area (Å²) in [4.78, 5) is 29.5. The number of rotatable bonds is 6. The number of aliphatic hydroxyl groups excluding tert-OH is 1. The van der Waals surface area contributed by atoms with Gasteiger partial charge in [-0.15, -0.1) is 0 Å². The van der Waals surface area contributed by atoms with Crippen molar-refractivity contribution < 1.29 is 28.6 Å². The first-order valence-electron chi connectivity index (χ1n) is 10.6. The zero-order valence-corrected chi connectivity index (χ0v) is 18.8. The molecule has 7 nitrogen and oxygen atoms in total. The Balaban J connectivity index is 1.76. The van der Waals surface area contributed by atoms with Crippen LogP contribution >= 0.6 is 11.6 Å². The lowest BCUT2D eigenvalue weighted by Crippen LogP contribution is -2.42. The molecule has 0 aromatic heterocycles. The van der Waals surface area contributed by atoms with Crippen molar-refractivity contribution >= 4 is 29.1 Å². The number of ether oxygens (including phenoxy) is 2. The molecule has 1 amide bonds. The number of hydrogen-bond donors (Lipinski definition) is 1. The van der Waals surface area contributed by atoms with Gasteiger partial charge in [-0.1, -0.05) is 29.8 Å². The largest absolute Gasteiger partial charge is 0.507 e. The maximum absolute atomic E-state index is 14.8. The van der Waals surface area contributed by atoms with E-state index in [9.17, 15) is 19.1 Å². The molecule has 2 aliphatic rings. The number of likely N-dealkylation sites (tertiary alicyclic amines) is 1. The van der Waals surface area contributed by atoms with Crippen molar-refractivity contribution in [2.45, 2.75) is 6.04 Å². The van der Waals surface area contributed by atoms with E-state index < -0.39 is 29.3 Å². The van der Waals surface area contributed by atoms with Crippen LogP contribution in [0.2, 0.25) is 5.02 Å². The van der Waals surface area contributed by atoms with Crippen molar-refractivity contribution in [3.63, 3.8) is 0 Å². The molecule has 2 heterocycles. The van der Waals surface area contributed by atoms with Gasteiger partial charge in [0.25, 0.3) is 11.7 Å². The first-order chi connectivity index (χ1) is 15.9. The second-order valence-electron chi connectivity index (χ2n) is 7.82. The van der Waals surface area contributed by atoms with Crippen molar-refractivity contribution in [3.05, 3.63) is 70.0 Å². The standard InChI is InChI=1S/C24H24ClFN2O5/c1-32-19-7-6-15(14-17(19)25)22(29)20-21(16-4-2-3-5-18(16)26)28(24(31)23(20)30)9-8-27-10-12-33-13-11-27/h2-7,14,21,29H,8-13H2,1H3/b22-20+/t21-/m0/s1. The summed E-state index contributed by atoms with van der Waals surface area (Å²) in [5.41, 5.74) is 0.196. The van der Waals surface area contributed by atoms with Crippen LogP contribution in [0.5, 0.6) is 5.75 Å². The van der Waals surface area contributed by atoms with Crippen LogP contribution in [0.25, 0.3) is 5.76 Å². The molecule has 174 valence electrons. The predicted octanol–water partition coefficient (Wildman–Crippen LogP) is 3.24. The van der Waals surface area contributed by atoms with Crippen LogP contribution in [-0.4, -0.2) is 73.1 Å². The third-order valence-electron chi connectivity index (χ3n) is 5.93. The minimum Gasteiger partial charge on any atom is -0.507 e. The van der Waals surface area contributed by atoms with Crippen LogP contribution < -0.4 is 4.74 Å². The van der Waals surface area contributed by atoms with Gasteiger partial charge in [-0.2, -0.15) is 0 Å². The van der Waals surface area contributed by atoms with Gasteiger partial charge in [0.2, 0.25) is 0 Å². The fourth-order valence-electron chi connectivity index (χ4n) is 4.17. The molecule has 9 heteroatoms. The number of carbonyl (C=O) groups is 2. The van der Waals surface area contributed by atoms with Gasteiger partial charge in [0.05, 0.1) is 37.0 Å². The molecule has 1 atom stereocenters. The van der Waals surface area contributed by atoms with Gasteiger partial charge in [-0.05, 0) is 24.3 Å². The van der Waals surface area contributed by atoms with Crippen molar-refractivity contribution in [2.75, 3.05) is 46.5 Å². The average Bonchev–Trinajstić information content (AvgIpc) is 3.08. The second-order valence-corrected chi connectivity index (χ2v) is 8.22. The SMILES string of the molecule is COc1ccc(/C(O)=C2\C(=O)C(=O)N(CCN3CCOCC3)[C@H]2c2ccccc2F)cc1Cl. The zero-order valence-electron chi connectivity index (χ0n) is 18.1. The number of halogens is 2. The van der Waals surface area contributed by atoms with Gasteiger partial charge >= 0.3 is 0 Å². The molecule has 2 aliphatic heterocycles. The van der Waals surface area contributed by atoms with Crippen LogP contribution in [0, 0.1) is 5.82 Å². The van der Waals surface area contributed by atoms with Crippen LogP contribution in [0.15, 0.2) is 48.0 Å². The normalized spacial score (nSPS) is 20.9. The van der Waals surface area contributed by atoms with E-state index in [-0.39, 0.29) is 28.3 Å². The number of methoxy groups -OCH3 is 1. The molecule has 1 N–H and O–H groups in total. The van der Waals surface area contributed by atoms with E-state index in [0.717, 1.165) is 0 Å². The number of benzene rings is 2. The lowest BCUT2D eigenvalue weighted by molar-refractivity contribution is -0.140. The Morgan fingerprint density at radius 2 is 1.91 bits per heavy atom. The van der Waals surface area contributed by atoms with E-state index in [2.05, 4.69) is 4.90 Å². The molecule has 0 radical (unpaired) electrons. The highest BCUT2D eigenvalue weighted by atomic mass is 35.5. The molecular formula is C24H24ClFN2O5. The summed E-state index contributed by atoms with van der Waals surface area (Å²) >= 11 is 6.19. The number of carbonyl (C=O) groups excluding carboxylic acids is 2. The Labute approximate surface area is 195 Å². The van der Waals surface area contributed by atoms with E-state index in [1.165, 1.54) is 42.3 Å². The van der Waals surface area contributed by atoms with Gasteiger partial charge in [0, 0.05) is 37.3 Å². The monoisotopic (exact) mass is 474 g/mol. The van der Waals surface area contributed by atoms with Crippen LogP contribution in [-0.2, 0) is 14.3 Å². The zero-order chi connectivity index (χ0) is 23.5. The van der Waals surface area contributed by atoms with Crippen molar-refractivity contribution in [1.29, 1.82) is 0 Å². The molecule has 0 saturated carbocycles. The van der Waals surface area contributed by atoms with Crippen LogP contribution in [0.4, 0.5) is 4.39 Å². The molecule has 33 heavy (non-hydrogen) atoms. The molecule has 2 aromatic rings. The second kappa shape index (κ2) is 9.91. The van der Waals surface area contributed by atoms with E-state index in [1.54, 1.807) is 12.1 Å². The van der Waals surface area contributed by atoms with Crippen LogP contribution in [0.1, 0.15) is 17.2 Å². The average molecular weight is 475 g/mol. The van der Waals surface area contributed by atoms with Gasteiger partial charge in [0.15, 0.2) is 0 Å². The Kier molecular flexibility index (Phi) is 6.97. The third kappa shape index (κ3) is 4.59. The summed E-state index contributed by atoms with van der Waals surface area (Å²) in [6.45, 7) is 3.29. The van der Waals surface area contributed by atoms with Crippen molar-refractivity contribution in [2.24, 2.45) is 0 Å². The summed E-state index contributed by atoms with van der Waals surface area (Å²) in [7, 11) is 1.46. The van der Waals surface area contributed by atoms with Gasteiger partial charge in [-0.3, -0.25) is 14.5 Å². The van der Waals surface area contributed by atoms with Crippen LogP contribution in [0.3, 0.4) is 0 Å². The third-order valence-corrected chi connectivity index (χ3v) is 6.22. The topological polar surface area (TPSA) is 79.3 Å². The number of amides is 1. The number of ketones is 1. The summed E-state index contributed by atoms with van der Waals surface area (Å²) in [6.07, 6.45) is 0. The highest BCUT2D eigenvalue weighted by molar-refractivity contribution is 6.46. The lowest BCUT2D eigenvalue weighted by atomic mass is 9.95. The van der Waals surface area contributed by atoms with Gasteiger partial charge < -0.3 is 19.5 Å². The Hall–Kier alpha value is -2.94. The summed E-state index contributed by atoms with van der Waals surface area (Å²) in [5, 5.41) is 11.3. The predicted molar refractivity (Wildman–Crippen MR) is 121 cm³/mol. The number of nitrogens with zero attached hydrogens (tertiary/aromatic N) is 2. The summed E-state index contributed by atoms with van der Waals surface area (Å²) in [6, 6.07) is 9.39. The van der Waals surface area contributed by atoms with E-state index in [1.807, 2.05) is 0 Å². The number of hydrogen-bond acceptors (Lipinski definition) is 6. The molecule has 0 bridgehead atoms. The molecule has 2 saturated heterocycles. The molecular weight excluding hydrogens is 451 g/mol. The minimum atomic E-state index is -1.06.